The van der Waals surface area contributed by atoms with Crippen molar-refractivity contribution in [3.8, 4) is 5.75 Å². The first-order valence-corrected chi connectivity index (χ1v) is 6.40. The van der Waals surface area contributed by atoms with Crippen molar-refractivity contribution in [1.82, 2.24) is 0 Å². The van der Waals surface area contributed by atoms with Crippen LogP contribution in [0, 0.1) is 11.3 Å². The fraction of sp³-hybridized carbons (Fsp3) is 0.571. The average Bonchev–Trinajstić information content (AvgIpc) is 3.13. The number of hydrogen-bond acceptors (Lipinski definition) is 1. The molecule has 0 aromatic heterocycles. The highest BCUT2D eigenvalue weighted by Gasteiger charge is 2.40. The van der Waals surface area contributed by atoms with Gasteiger partial charge in [-0.25, -0.2) is 0 Å². The molecule has 0 radical (unpaired) electrons. The van der Waals surface area contributed by atoms with Gasteiger partial charge >= 0.3 is 0 Å². The maximum Gasteiger partial charge on any atom is 0.119 e. The molecule has 0 heterocycles. The second kappa shape index (κ2) is 4.67. The van der Waals surface area contributed by atoms with Gasteiger partial charge in [0.15, 0.2) is 0 Å². The molecule has 88 valence electrons. The third kappa shape index (κ3) is 2.52. The highest BCUT2D eigenvalue weighted by molar-refractivity contribution is 6.18. The number of methoxy groups -OCH3 is 1. The van der Waals surface area contributed by atoms with E-state index < -0.39 is 0 Å². The van der Waals surface area contributed by atoms with Crippen molar-refractivity contribution in [2.45, 2.75) is 26.2 Å². The van der Waals surface area contributed by atoms with Crippen LogP contribution >= 0.6 is 11.6 Å². The number of halogens is 1. The Kier molecular flexibility index (Phi) is 3.44. The van der Waals surface area contributed by atoms with Crippen molar-refractivity contribution in [1.29, 1.82) is 0 Å². The number of benzene rings is 1. The van der Waals surface area contributed by atoms with E-state index >= 15 is 0 Å². The molecule has 0 spiro atoms. The number of rotatable bonds is 5. The SMILES string of the molecule is COc1cccc(CC(C)(CCl)C2CC2)c1. The van der Waals surface area contributed by atoms with Crippen LogP contribution < -0.4 is 4.74 Å². The van der Waals surface area contributed by atoms with Crippen LogP contribution in [0.4, 0.5) is 0 Å². The predicted octanol–water partition coefficient (Wildman–Crippen LogP) is 3.89. The van der Waals surface area contributed by atoms with Crippen LogP contribution in [0.1, 0.15) is 25.3 Å². The van der Waals surface area contributed by atoms with E-state index in [0.717, 1.165) is 24.0 Å². The molecule has 1 saturated carbocycles. The van der Waals surface area contributed by atoms with E-state index in [1.807, 2.05) is 6.07 Å². The Balaban J connectivity index is 2.12. The van der Waals surface area contributed by atoms with Gasteiger partial charge in [0, 0.05) is 5.88 Å². The molecule has 0 amide bonds. The zero-order chi connectivity index (χ0) is 11.6. The minimum atomic E-state index is 0.258. The van der Waals surface area contributed by atoms with Gasteiger partial charge in [0.25, 0.3) is 0 Å². The van der Waals surface area contributed by atoms with Crippen molar-refractivity contribution < 1.29 is 4.74 Å². The van der Waals surface area contributed by atoms with E-state index in [9.17, 15) is 0 Å². The van der Waals surface area contributed by atoms with Crippen LogP contribution in [0.2, 0.25) is 0 Å². The molecule has 1 aliphatic carbocycles. The van der Waals surface area contributed by atoms with Gasteiger partial charge in [-0.05, 0) is 48.3 Å². The fourth-order valence-electron chi connectivity index (χ4n) is 2.33. The predicted molar refractivity (Wildman–Crippen MR) is 68.2 cm³/mol. The lowest BCUT2D eigenvalue weighted by Gasteiger charge is -2.27. The second-order valence-corrected chi connectivity index (χ2v) is 5.36. The average molecular weight is 239 g/mol. The first kappa shape index (κ1) is 11.8. The summed E-state index contributed by atoms with van der Waals surface area (Å²) < 4.78 is 5.25. The van der Waals surface area contributed by atoms with Gasteiger partial charge in [-0.3, -0.25) is 0 Å². The summed E-state index contributed by atoms with van der Waals surface area (Å²) in [6.07, 6.45) is 3.73. The molecule has 16 heavy (non-hydrogen) atoms. The van der Waals surface area contributed by atoms with Crippen LogP contribution in [0.25, 0.3) is 0 Å². The van der Waals surface area contributed by atoms with E-state index in [0.29, 0.717) is 0 Å². The van der Waals surface area contributed by atoms with Crippen LogP contribution in [-0.2, 0) is 6.42 Å². The van der Waals surface area contributed by atoms with Gasteiger partial charge in [-0.1, -0.05) is 19.1 Å². The van der Waals surface area contributed by atoms with Crippen molar-refractivity contribution in [2.24, 2.45) is 11.3 Å². The summed E-state index contributed by atoms with van der Waals surface area (Å²) in [6, 6.07) is 8.32. The minimum Gasteiger partial charge on any atom is -0.497 e. The molecule has 2 rings (SSSR count). The van der Waals surface area contributed by atoms with Crippen LogP contribution in [-0.4, -0.2) is 13.0 Å². The molecule has 1 fully saturated rings. The molecule has 1 aliphatic rings. The van der Waals surface area contributed by atoms with Crippen LogP contribution in [0.3, 0.4) is 0 Å². The van der Waals surface area contributed by atoms with Gasteiger partial charge in [-0.15, -0.1) is 11.6 Å². The lowest BCUT2D eigenvalue weighted by atomic mass is 9.81. The van der Waals surface area contributed by atoms with E-state index in [1.165, 1.54) is 18.4 Å². The van der Waals surface area contributed by atoms with Gasteiger partial charge in [0.2, 0.25) is 0 Å². The molecular formula is C14H19ClO. The largest absolute Gasteiger partial charge is 0.497 e. The van der Waals surface area contributed by atoms with Gasteiger partial charge in [0.05, 0.1) is 7.11 Å². The maximum absolute atomic E-state index is 6.14. The third-order valence-electron chi connectivity index (χ3n) is 3.61. The Hall–Kier alpha value is -0.690. The van der Waals surface area contributed by atoms with Crippen molar-refractivity contribution in [3.63, 3.8) is 0 Å². The molecule has 1 nitrogen and oxygen atoms in total. The fourth-order valence-corrected chi connectivity index (χ4v) is 2.64. The zero-order valence-corrected chi connectivity index (χ0v) is 10.8. The smallest absolute Gasteiger partial charge is 0.119 e. The number of ether oxygens (including phenoxy) is 1. The third-order valence-corrected chi connectivity index (χ3v) is 4.22. The summed E-state index contributed by atoms with van der Waals surface area (Å²) in [7, 11) is 1.71. The highest BCUT2D eigenvalue weighted by Crippen LogP contribution is 2.48. The summed E-state index contributed by atoms with van der Waals surface area (Å²) in [6.45, 7) is 2.30. The molecule has 1 aromatic carbocycles. The zero-order valence-electron chi connectivity index (χ0n) is 10.0. The Morgan fingerprint density at radius 2 is 2.19 bits per heavy atom. The molecule has 1 aromatic rings. The highest BCUT2D eigenvalue weighted by atomic mass is 35.5. The van der Waals surface area contributed by atoms with E-state index in [4.69, 9.17) is 16.3 Å². The summed E-state index contributed by atoms with van der Waals surface area (Å²) in [5.74, 6) is 2.50. The first-order chi connectivity index (χ1) is 7.68. The molecular weight excluding hydrogens is 220 g/mol. The first-order valence-electron chi connectivity index (χ1n) is 5.87. The summed E-state index contributed by atoms with van der Waals surface area (Å²) in [5, 5.41) is 0. The maximum atomic E-state index is 6.14. The Morgan fingerprint density at radius 1 is 1.44 bits per heavy atom. The van der Waals surface area contributed by atoms with Gasteiger partial charge in [0.1, 0.15) is 5.75 Å². The van der Waals surface area contributed by atoms with Crippen LogP contribution in [0.5, 0.6) is 5.75 Å². The van der Waals surface area contributed by atoms with Gasteiger partial charge in [-0.2, -0.15) is 0 Å². The minimum absolute atomic E-state index is 0.258. The van der Waals surface area contributed by atoms with E-state index in [-0.39, 0.29) is 5.41 Å². The molecule has 0 saturated heterocycles. The monoisotopic (exact) mass is 238 g/mol. The molecule has 0 N–H and O–H groups in total. The number of hydrogen-bond donors (Lipinski definition) is 0. The second-order valence-electron chi connectivity index (χ2n) is 5.09. The quantitative estimate of drug-likeness (QED) is 0.708. The molecule has 1 atom stereocenters. The molecule has 1 unspecified atom stereocenters. The normalized spacial score (nSPS) is 19.2. The van der Waals surface area contributed by atoms with E-state index in [2.05, 4.69) is 25.1 Å². The molecule has 2 heteroatoms. The topological polar surface area (TPSA) is 9.23 Å². The number of alkyl halides is 1. The van der Waals surface area contributed by atoms with Crippen molar-refractivity contribution in [3.05, 3.63) is 29.8 Å². The summed E-state index contributed by atoms with van der Waals surface area (Å²) in [5.41, 5.74) is 1.59. The standard InChI is InChI=1S/C14H19ClO/c1-14(10-15,12-6-7-12)9-11-4-3-5-13(8-11)16-2/h3-5,8,12H,6-7,9-10H2,1-2H3. The van der Waals surface area contributed by atoms with E-state index in [1.54, 1.807) is 7.11 Å². The van der Waals surface area contributed by atoms with Crippen molar-refractivity contribution in [2.75, 3.05) is 13.0 Å². The van der Waals surface area contributed by atoms with Gasteiger partial charge < -0.3 is 4.74 Å². The van der Waals surface area contributed by atoms with Crippen LogP contribution in [0.15, 0.2) is 24.3 Å². The lowest BCUT2D eigenvalue weighted by Crippen LogP contribution is -2.24. The Morgan fingerprint density at radius 3 is 2.75 bits per heavy atom. The van der Waals surface area contributed by atoms with Crippen molar-refractivity contribution >= 4 is 11.6 Å². The molecule has 0 aliphatic heterocycles. The lowest BCUT2D eigenvalue weighted by molar-refractivity contribution is 0.313. The molecule has 0 bridgehead atoms. The Bertz CT molecular complexity index is 360. The summed E-state index contributed by atoms with van der Waals surface area (Å²) in [4.78, 5) is 0. The summed E-state index contributed by atoms with van der Waals surface area (Å²) >= 11 is 6.14. The Labute approximate surface area is 103 Å².